The second-order valence-electron chi connectivity index (χ2n) is 5.18. The lowest BCUT2D eigenvalue weighted by Gasteiger charge is -2.26. The highest BCUT2D eigenvalue weighted by molar-refractivity contribution is 7.08. The van der Waals surface area contributed by atoms with Crippen molar-refractivity contribution in [2.45, 2.75) is 25.7 Å². The first-order chi connectivity index (χ1) is 10.3. The number of anilines is 2. The van der Waals surface area contributed by atoms with E-state index in [2.05, 4.69) is 20.2 Å². The fourth-order valence-electron chi connectivity index (χ4n) is 2.43. The van der Waals surface area contributed by atoms with Gasteiger partial charge in [0.15, 0.2) is 0 Å². The van der Waals surface area contributed by atoms with Gasteiger partial charge >= 0.3 is 0 Å². The summed E-state index contributed by atoms with van der Waals surface area (Å²) in [6.07, 6.45) is 7.43. The number of hydrogen-bond donors (Lipinski definition) is 1. The molecule has 6 heteroatoms. The van der Waals surface area contributed by atoms with E-state index in [0.29, 0.717) is 12.1 Å². The van der Waals surface area contributed by atoms with Gasteiger partial charge in [0.05, 0.1) is 24.5 Å². The number of carbonyl (C=O) groups is 1. The molecule has 1 fully saturated rings. The molecule has 3 rings (SSSR count). The minimum atomic E-state index is -0.0391. The lowest BCUT2D eigenvalue weighted by molar-refractivity contribution is -0.115. The number of aromatic nitrogens is 2. The van der Waals surface area contributed by atoms with Crippen molar-refractivity contribution in [3.8, 4) is 0 Å². The van der Waals surface area contributed by atoms with Crippen LogP contribution in [0, 0.1) is 0 Å². The third kappa shape index (κ3) is 3.78. The van der Waals surface area contributed by atoms with E-state index in [1.54, 1.807) is 23.7 Å². The quantitative estimate of drug-likeness (QED) is 0.943. The largest absolute Gasteiger partial charge is 0.341 e. The minimum Gasteiger partial charge on any atom is -0.341 e. The number of amides is 1. The summed E-state index contributed by atoms with van der Waals surface area (Å²) in [5.74, 6) is 0.716. The van der Waals surface area contributed by atoms with Crippen molar-refractivity contribution >= 4 is 28.9 Å². The van der Waals surface area contributed by atoms with Gasteiger partial charge in [-0.3, -0.25) is 4.79 Å². The third-order valence-corrected chi connectivity index (χ3v) is 4.24. The van der Waals surface area contributed by atoms with Gasteiger partial charge in [-0.2, -0.15) is 11.3 Å². The van der Waals surface area contributed by atoms with Crippen LogP contribution in [-0.2, 0) is 11.2 Å². The molecule has 110 valence electrons. The Morgan fingerprint density at radius 3 is 2.67 bits per heavy atom. The van der Waals surface area contributed by atoms with E-state index < -0.39 is 0 Å². The summed E-state index contributed by atoms with van der Waals surface area (Å²) in [6, 6.07) is 1.96. The second kappa shape index (κ2) is 6.67. The SMILES string of the molecule is O=C(Cc1ccsc1)Nc1cnc(N2CCCCC2)nc1. The Morgan fingerprint density at radius 2 is 2.00 bits per heavy atom. The molecule has 3 heterocycles. The summed E-state index contributed by atoms with van der Waals surface area (Å²) >= 11 is 1.60. The molecule has 2 aromatic heterocycles. The molecule has 1 N–H and O–H groups in total. The number of hydrogen-bond acceptors (Lipinski definition) is 5. The monoisotopic (exact) mass is 302 g/mol. The van der Waals surface area contributed by atoms with Crippen LogP contribution >= 0.6 is 11.3 Å². The number of piperidine rings is 1. The van der Waals surface area contributed by atoms with Crippen LogP contribution in [0.5, 0.6) is 0 Å². The molecule has 1 aliphatic heterocycles. The molecule has 0 bridgehead atoms. The molecule has 0 spiro atoms. The molecule has 0 unspecified atom stereocenters. The fraction of sp³-hybridized carbons (Fsp3) is 0.400. The molecule has 0 saturated carbocycles. The molecule has 0 radical (unpaired) electrons. The predicted molar refractivity (Wildman–Crippen MR) is 84.7 cm³/mol. The van der Waals surface area contributed by atoms with Crippen LogP contribution < -0.4 is 10.2 Å². The third-order valence-electron chi connectivity index (χ3n) is 3.51. The normalized spacial score (nSPS) is 15.0. The van der Waals surface area contributed by atoms with Crippen molar-refractivity contribution in [1.29, 1.82) is 0 Å². The highest BCUT2D eigenvalue weighted by atomic mass is 32.1. The van der Waals surface area contributed by atoms with Crippen molar-refractivity contribution in [1.82, 2.24) is 9.97 Å². The highest BCUT2D eigenvalue weighted by Crippen LogP contribution is 2.16. The maximum atomic E-state index is 11.9. The van der Waals surface area contributed by atoms with Gasteiger partial charge in [0, 0.05) is 13.1 Å². The Labute approximate surface area is 128 Å². The Hall–Kier alpha value is -1.95. The summed E-state index contributed by atoms with van der Waals surface area (Å²) in [6.45, 7) is 2.04. The number of carbonyl (C=O) groups excluding carboxylic acids is 1. The fourth-order valence-corrected chi connectivity index (χ4v) is 3.10. The van der Waals surface area contributed by atoms with Crippen molar-refractivity contribution in [3.63, 3.8) is 0 Å². The van der Waals surface area contributed by atoms with Crippen molar-refractivity contribution in [2.75, 3.05) is 23.3 Å². The Morgan fingerprint density at radius 1 is 1.24 bits per heavy atom. The molecule has 2 aromatic rings. The lowest BCUT2D eigenvalue weighted by Crippen LogP contribution is -2.30. The van der Waals surface area contributed by atoms with Crippen LogP contribution in [0.25, 0.3) is 0 Å². The predicted octanol–water partition coefficient (Wildman–Crippen LogP) is 2.71. The maximum absolute atomic E-state index is 11.9. The average Bonchev–Trinajstić information content (AvgIpc) is 3.02. The van der Waals surface area contributed by atoms with E-state index in [1.165, 1.54) is 19.3 Å². The van der Waals surface area contributed by atoms with Gasteiger partial charge in [-0.1, -0.05) is 0 Å². The van der Waals surface area contributed by atoms with Crippen LogP contribution in [0.1, 0.15) is 24.8 Å². The average molecular weight is 302 g/mol. The zero-order chi connectivity index (χ0) is 14.5. The molecule has 1 saturated heterocycles. The highest BCUT2D eigenvalue weighted by Gasteiger charge is 2.13. The van der Waals surface area contributed by atoms with Crippen LogP contribution in [0.2, 0.25) is 0 Å². The Kier molecular flexibility index (Phi) is 4.45. The molecular weight excluding hydrogens is 284 g/mol. The molecule has 21 heavy (non-hydrogen) atoms. The van der Waals surface area contributed by atoms with Gasteiger partial charge in [0.1, 0.15) is 0 Å². The number of nitrogens with zero attached hydrogens (tertiary/aromatic N) is 3. The smallest absolute Gasteiger partial charge is 0.228 e. The summed E-state index contributed by atoms with van der Waals surface area (Å²) < 4.78 is 0. The molecule has 5 nitrogen and oxygen atoms in total. The number of nitrogens with one attached hydrogen (secondary N) is 1. The van der Waals surface area contributed by atoms with Gasteiger partial charge in [0.25, 0.3) is 0 Å². The van der Waals surface area contributed by atoms with Crippen LogP contribution in [0.3, 0.4) is 0 Å². The molecule has 0 aromatic carbocycles. The summed E-state index contributed by atoms with van der Waals surface area (Å²) in [5.41, 5.74) is 1.68. The van der Waals surface area contributed by atoms with Gasteiger partial charge in [-0.25, -0.2) is 9.97 Å². The lowest BCUT2D eigenvalue weighted by atomic mass is 10.1. The van der Waals surface area contributed by atoms with Gasteiger partial charge in [-0.15, -0.1) is 0 Å². The van der Waals surface area contributed by atoms with E-state index in [0.717, 1.165) is 24.6 Å². The minimum absolute atomic E-state index is 0.0391. The molecular formula is C15H18N4OS. The molecule has 0 aliphatic carbocycles. The first-order valence-corrected chi connectivity index (χ1v) is 8.13. The standard InChI is InChI=1S/C15H18N4OS/c20-14(8-12-4-7-21-11-12)18-13-9-16-15(17-10-13)19-5-2-1-3-6-19/h4,7,9-11H,1-3,5-6,8H2,(H,18,20). The van der Waals surface area contributed by atoms with Crippen molar-refractivity contribution in [2.24, 2.45) is 0 Å². The topological polar surface area (TPSA) is 58.1 Å². The van der Waals surface area contributed by atoms with Gasteiger partial charge in [0.2, 0.25) is 11.9 Å². The van der Waals surface area contributed by atoms with Crippen molar-refractivity contribution < 1.29 is 4.79 Å². The van der Waals surface area contributed by atoms with E-state index in [4.69, 9.17) is 0 Å². The zero-order valence-corrected chi connectivity index (χ0v) is 12.6. The van der Waals surface area contributed by atoms with Gasteiger partial charge in [-0.05, 0) is 41.7 Å². The first kappa shape index (κ1) is 14.0. The van der Waals surface area contributed by atoms with E-state index in [9.17, 15) is 4.79 Å². The number of thiophene rings is 1. The Balaban J connectivity index is 1.57. The van der Waals surface area contributed by atoms with E-state index in [-0.39, 0.29) is 5.91 Å². The maximum Gasteiger partial charge on any atom is 0.228 e. The summed E-state index contributed by atoms with van der Waals surface area (Å²) in [4.78, 5) is 22.8. The molecule has 0 atom stereocenters. The van der Waals surface area contributed by atoms with Crippen molar-refractivity contribution in [3.05, 3.63) is 34.8 Å². The first-order valence-electron chi connectivity index (χ1n) is 7.19. The molecule has 1 amide bonds. The van der Waals surface area contributed by atoms with Crippen LogP contribution in [0.4, 0.5) is 11.6 Å². The Bertz CT molecular complexity index is 576. The molecule has 1 aliphatic rings. The van der Waals surface area contributed by atoms with Gasteiger partial charge < -0.3 is 10.2 Å². The van der Waals surface area contributed by atoms with E-state index >= 15 is 0 Å². The van der Waals surface area contributed by atoms with Crippen LogP contribution in [0.15, 0.2) is 29.2 Å². The van der Waals surface area contributed by atoms with Crippen LogP contribution in [-0.4, -0.2) is 29.0 Å². The second-order valence-corrected chi connectivity index (χ2v) is 5.96. The van der Waals surface area contributed by atoms with E-state index in [1.807, 2.05) is 16.8 Å². The zero-order valence-electron chi connectivity index (χ0n) is 11.8. The summed E-state index contributed by atoms with van der Waals surface area (Å²) in [7, 11) is 0. The number of rotatable bonds is 4. The summed E-state index contributed by atoms with van der Waals surface area (Å²) in [5, 5.41) is 6.79.